The molecule has 11 rings (SSSR count). The van der Waals surface area contributed by atoms with Gasteiger partial charge in [0.2, 0.25) is 0 Å². The highest BCUT2D eigenvalue weighted by Gasteiger charge is 2.19. The van der Waals surface area contributed by atoms with Gasteiger partial charge in [-0.3, -0.25) is 0 Å². The average Bonchev–Trinajstić information content (AvgIpc) is 3.60. The summed E-state index contributed by atoms with van der Waals surface area (Å²) in [6.45, 7) is 0. The molecule has 9 aromatic carbocycles. The lowest BCUT2D eigenvalue weighted by Gasteiger charge is -2.13. The maximum Gasteiger partial charge on any atom is 0.180 e. The predicted molar refractivity (Wildman–Crippen MR) is 221 cm³/mol. The van der Waals surface area contributed by atoms with Crippen LogP contribution in [0.2, 0.25) is 0 Å². The van der Waals surface area contributed by atoms with Gasteiger partial charge in [-0.15, -0.1) is 0 Å². The zero-order chi connectivity index (χ0) is 34.9. The molecule has 3 heteroatoms. The number of fused-ring (bicyclic) bond motifs is 10. The van der Waals surface area contributed by atoms with E-state index in [-0.39, 0.29) is 0 Å². The van der Waals surface area contributed by atoms with Gasteiger partial charge < -0.3 is 4.42 Å². The summed E-state index contributed by atoms with van der Waals surface area (Å²) in [7, 11) is 0. The summed E-state index contributed by atoms with van der Waals surface area (Å²) in [5.41, 5.74) is 9.66. The van der Waals surface area contributed by atoms with E-state index >= 15 is 0 Å². The standard InChI is InChI=1S/C50H30N2O/c1-2-12-31(13-3-1)47-49-48(45-29-35-14-4-5-15-36(35)30-46(45)53-49)52-50(51-47)38-19-11-18-34(27-38)32-16-10-17-33(26-32)37-24-25-43-41-22-7-6-20-39(41)40-21-8-9-23-42(40)44(43)28-37/h1-30H. The Morgan fingerprint density at radius 1 is 0.321 bits per heavy atom. The fourth-order valence-corrected chi connectivity index (χ4v) is 8.05. The first-order valence-electron chi connectivity index (χ1n) is 18.0. The minimum absolute atomic E-state index is 0.666. The van der Waals surface area contributed by atoms with Gasteiger partial charge in [0.25, 0.3) is 0 Å². The Hall–Kier alpha value is -7.10. The van der Waals surface area contributed by atoms with Gasteiger partial charge in [0.15, 0.2) is 11.4 Å². The van der Waals surface area contributed by atoms with Crippen LogP contribution in [0.4, 0.5) is 0 Å². The smallest absolute Gasteiger partial charge is 0.180 e. The van der Waals surface area contributed by atoms with E-state index in [0.29, 0.717) is 11.4 Å². The van der Waals surface area contributed by atoms with Crippen molar-refractivity contribution in [1.29, 1.82) is 0 Å². The Balaban J connectivity index is 1.04. The van der Waals surface area contributed by atoms with E-state index in [1.165, 1.54) is 43.4 Å². The Bertz CT molecular complexity index is 3200. The van der Waals surface area contributed by atoms with Gasteiger partial charge in [0.1, 0.15) is 16.8 Å². The van der Waals surface area contributed by atoms with Gasteiger partial charge in [-0.05, 0) is 95.7 Å². The first kappa shape index (κ1) is 29.6. The van der Waals surface area contributed by atoms with Crippen molar-refractivity contribution in [2.45, 2.75) is 0 Å². The van der Waals surface area contributed by atoms with Crippen molar-refractivity contribution in [3.05, 3.63) is 182 Å². The Labute approximate surface area is 305 Å². The molecule has 0 unspecified atom stereocenters. The van der Waals surface area contributed by atoms with Gasteiger partial charge in [0.05, 0.1) is 0 Å². The molecule has 11 aromatic rings. The van der Waals surface area contributed by atoms with E-state index in [4.69, 9.17) is 14.4 Å². The van der Waals surface area contributed by atoms with Gasteiger partial charge in [-0.2, -0.15) is 0 Å². The van der Waals surface area contributed by atoms with Crippen molar-refractivity contribution in [3.63, 3.8) is 0 Å². The molecular formula is C50H30N2O. The summed E-state index contributed by atoms with van der Waals surface area (Å²) in [5.74, 6) is 0.666. The van der Waals surface area contributed by atoms with E-state index in [9.17, 15) is 0 Å². The highest BCUT2D eigenvalue weighted by Crippen LogP contribution is 2.40. The van der Waals surface area contributed by atoms with Crippen LogP contribution in [0.5, 0.6) is 0 Å². The van der Waals surface area contributed by atoms with Crippen molar-refractivity contribution in [3.8, 4) is 44.9 Å². The van der Waals surface area contributed by atoms with Gasteiger partial charge in [0, 0.05) is 16.5 Å². The topological polar surface area (TPSA) is 38.9 Å². The quantitative estimate of drug-likeness (QED) is 0.174. The number of nitrogens with zero attached hydrogens (tertiary/aromatic N) is 2. The number of furan rings is 1. The Morgan fingerprint density at radius 3 is 1.51 bits per heavy atom. The van der Waals surface area contributed by atoms with Gasteiger partial charge in [-0.25, -0.2) is 9.97 Å². The molecule has 0 radical (unpaired) electrons. The van der Waals surface area contributed by atoms with Crippen molar-refractivity contribution >= 4 is 65.2 Å². The second kappa shape index (κ2) is 11.7. The molecule has 0 amide bonds. The zero-order valence-corrected chi connectivity index (χ0v) is 28.6. The molecule has 0 N–H and O–H groups in total. The molecule has 0 aliphatic heterocycles. The van der Waals surface area contributed by atoms with E-state index in [0.717, 1.165) is 55.2 Å². The summed E-state index contributed by atoms with van der Waals surface area (Å²) in [6.07, 6.45) is 0. The summed E-state index contributed by atoms with van der Waals surface area (Å²) in [6, 6.07) is 64.7. The molecule has 246 valence electrons. The molecule has 0 saturated carbocycles. The normalized spacial score (nSPS) is 11.8. The van der Waals surface area contributed by atoms with E-state index in [1.807, 2.05) is 18.2 Å². The second-order valence-corrected chi connectivity index (χ2v) is 13.8. The molecule has 53 heavy (non-hydrogen) atoms. The van der Waals surface area contributed by atoms with Crippen LogP contribution in [0, 0.1) is 0 Å². The van der Waals surface area contributed by atoms with E-state index < -0.39 is 0 Å². The van der Waals surface area contributed by atoms with Crippen LogP contribution < -0.4 is 0 Å². The van der Waals surface area contributed by atoms with Crippen LogP contribution in [0.25, 0.3) is 110 Å². The maximum absolute atomic E-state index is 6.53. The SMILES string of the molecule is c1ccc(-c2nc(-c3cccc(-c4cccc(-c5ccc6c7ccccc7c7ccccc7c6c5)c4)c3)nc3c2oc2cc4ccccc4cc23)cc1. The predicted octanol–water partition coefficient (Wildman–Crippen LogP) is 13.7. The first-order valence-corrected chi connectivity index (χ1v) is 18.0. The molecule has 0 bridgehead atoms. The fraction of sp³-hybridized carbons (Fsp3) is 0. The zero-order valence-electron chi connectivity index (χ0n) is 28.6. The summed E-state index contributed by atoms with van der Waals surface area (Å²) >= 11 is 0. The largest absolute Gasteiger partial charge is 0.452 e. The highest BCUT2D eigenvalue weighted by atomic mass is 16.3. The van der Waals surface area contributed by atoms with Gasteiger partial charge >= 0.3 is 0 Å². The number of benzene rings is 9. The second-order valence-electron chi connectivity index (χ2n) is 13.8. The lowest BCUT2D eigenvalue weighted by atomic mass is 9.91. The van der Waals surface area contributed by atoms with Crippen LogP contribution in [0.15, 0.2) is 186 Å². The van der Waals surface area contributed by atoms with Gasteiger partial charge in [-0.1, -0.05) is 152 Å². The van der Waals surface area contributed by atoms with E-state index in [2.05, 4.69) is 164 Å². The molecule has 0 spiro atoms. The monoisotopic (exact) mass is 674 g/mol. The summed E-state index contributed by atoms with van der Waals surface area (Å²) < 4.78 is 6.53. The third-order valence-corrected chi connectivity index (χ3v) is 10.6. The van der Waals surface area contributed by atoms with Crippen LogP contribution in [0.3, 0.4) is 0 Å². The third kappa shape index (κ3) is 4.82. The van der Waals surface area contributed by atoms with Crippen molar-refractivity contribution < 1.29 is 4.42 Å². The highest BCUT2D eigenvalue weighted by molar-refractivity contribution is 6.25. The number of hydrogen-bond acceptors (Lipinski definition) is 3. The van der Waals surface area contributed by atoms with Crippen molar-refractivity contribution in [1.82, 2.24) is 9.97 Å². The fourth-order valence-electron chi connectivity index (χ4n) is 8.05. The number of aromatic nitrogens is 2. The molecular weight excluding hydrogens is 645 g/mol. The maximum atomic E-state index is 6.53. The molecule has 0 aliphatic rings. The average molecular weight is 675 g/mol. The summed E-state index contributed by atoms with van der Waals surface area (Å²) in [4.78, 5) is 10.4. The molecule has 0 aliphatic carbocycles. The molecule has 2 aromatic heterocycles. The minimum Gasteiger partial charge on any atom is -0.452 e. The lowest BCUT2D eigenvalue weighted by molar-refractivity contribution is 0.668. The summed E-state index contributed by atoms with van der Waals surface area (Å²) in [5, 5.41) is 10.9. The minimum atomic E-state index is 0.666. The first-order chi connectivity index (χ1) is 26.2. The molecule has 0 saturated heterocycles. The number of rotatable bonds is 4. The Kier molecular flexibility index (Phi) is 6.55. The number of hydrogen-bond donors (Lipinski definition) is 0. The van der Waals surface area contributed by atoms with E-state index in [1.54, 1.807) is 0 Å². The molecule has 2 heterocycles. The molecule has 0 atom stereocenters. The molecule has 0 fully saturated rings. The van der Waals surface area contributed by atoms with Crippen molar-refractivity contribution in [2.75, 3.05) is 0 Å². The third-order valence-electron chi connectivity index (χ3n) is 10.6. The van der Waals surface area contributed by atoms with Crippen LogP contribution >= 0.6 is 0 Å². The Morgan fingerprint density at radius 2 is 0.830 bits per heavy atom. The van der Waals surface area contributed by atoms with Crippen LogP contribution in [-0.2, 0) is 0 Å². The van der Waals surface area contributed by atoms with Crippen LogP contribution in [-0.4, -0.2) is 9.97 Å². The lowest BCUT2D eigenvalue weighted by Crippen LogP contribution is -1.94. The molecule has 3 nitrogen and oxygen atoms in total. The van der Waals surface area contributed by atoms with Crippen molar-refractivity contribution in [2.24, 2.45) is 0 Å². The van der Waals surface area contributed by atoms with Crippen LogP contribution in [0.1, 0.15) is 0 Å².